The number of hydrogen-bond donors (Lipinski definition) is 2. The maximum atomic E-state index is 12.1. The second kappa shape index (κ2) is 11.5. The van der Waals surface area contributed by atoms with Crippen LogP contribution in [0.3, 0.4) is 0 Å². The van der Waals surface area contributed by atoms with E-state index in [9.17, 15) is 13.2 Å². The average Bonchev–Trinajstić information content (AvgIpc) is 2.41. The van der Waals surface area contributed by atoms with Crippen molar-refractivity contribution in [3.63, 3.8) is 0 Å². The highest BCUT2D eigenvalue weighted by molar-refractivity contribution is 8.01. The van der Waals surface area contributed by atoms with Crippen LogP contribution in [0.4, 0.5) is 4.79 Å². The van der Waals surface area contributed by atoms with E-state index in [1.54, 1.807) is 0 Å². The quantitative estimate of drug-likeness (QED) is 0.432. The topological polar surface area (TPSA) is 89.7 Å². The third kappa shape index (κ3) is 8.23. The first-order chi connectivity index (χ1) is 9.49. The molecule has 0 atom stereocenters. The number of thioether (sulfide) groups is 1. The molecule has 0 aliphatic carbocycles. The molecule has 0 aliphatic heterocycles. The summed E-state index contributed by atoms with van der Waals surface area (Å²) >= 11 is 5.53. The van der Waals surface area contributed by atoms with Crippen molar-refractivity contribution >= 4 is 40.5 Å². The molecule has 0 aromatic carbocycles. The summed E-state index contributed by atoms with van der Waals surface area (Å²) in [6.45, 7) is 2.21. The van der Waals surface area contributed by atoms with Crippen molar-refractivity contribution in [1.29, 1.82) is 0 Å². The minimum Gasteiger partial charge on any atom is -0.449 e. The molecule has 6 nitrogen and oxygen atoms in total. The number of hydrogen-bond acceptors (Lipinski definition) is 7. The van der Waals surface area contributed by atoms with Gasteiger partial charge in [-0.25, -0.2) is 17.5 Å². The number of sulfonamides is 1. The standard InChI is InChI=1S/C11H24N2O4S3/c1-2-3-6-17-11(14)13(5-4-12)20(15,16)10-9-19-8-7-18/h18H,2-10,12H2,1H3. The van der Waals surface area contributed by atoms with Crippen LogP contribution < -0.4 is 5.73 Å². The van der Waals surface area contributed by atoms with Crippen molar-refractivity contribution in [3.8, 4) is 0 Å². The average molecular weight is 345 g/mol. The van der Waals surface area contributed by atoms with Crippen molar-refractivity contribution < 1.29 is 17.9 Å². The molecular formula is C11H24N2O4S3. The lowest BCUT2D eigenvalue weighted by Crippen LogP contribution is -2.42. The number of unbranched alkanes of at least 4 members (excludes halogenated alkanes) is 1. The van der Waals surface area contributed by atoms with Gasteiger partial charge in [0.25, 0.3) is 0 Å². The molecule has 0 spiro atoms. The number of amides is 1. The number of carbonyl (C=O) groups is 1. The van der Waals surface area contributed by atoms with Gasteiger partial charge in [0, 0.05) is 18.1 Å². The molecule has 0 aromatic heterocycles. The van der Waals surface area contributed by atoms with E-state index >= 15 is 0 Å². The zero-order valence-electron chi connectivity index (χ0n) is 11.8. The predicted molar refractivity (Wildman–Crippen MR) is 87.0 cm³/mol. The van der Waals surface area contributed by atoms with Crippen molar-refractivity contribution in [1.82, 2.24) is 4.31 Å². The summed E-state index contributed by atoms with van der Waals surface area (Å²) in [5, 5.41) is 0. The van der Waals surface area contributed by atoms with Gasteiger partial charge in [-0.2, -0.15) is 24.4 Å². The van der Waals surface area contributed by atoms with Crippen LogP contribution in [0.5, 0.6) is 0 Å². The molecular weight excluding hydrogens is 320 g/mol. The van der Waals surface area contributed by atoms with E-state index in [0.29, 0.717) is 17.9 Å². The summed E-state index contributed by atoms with van der Waals surface area (Å²) in [5.74, 6) is 1.79. The van der Waals surface area contributed by atoms with E-state index in [2.05, 4.69) is 12.6 Å². The van der Waals surface area contributed by atoms with Crippen LogP contribution in [-0.2, 0) is 14.8 Å². The van der Waals surface area contributed by atoms with Crippen LogP contribution in [0.25, 0.3) is 0 Å². The molecule has 0 aliphatic rings. The minimum atomic E-state index is -3.67. The molecule has 2 N–H and O–H groups in total. The van der Waals surface area contributed by atoms with E-state index in [-0.39, 0.29) is 25.4 Å². The van der Waals surface area contributed by atoms with Gasteiger partial charge in [-0.15, -0.1) is 0 Å². The third-order valence-corrected chi connectivity index (χ3v) is 5.81. The molecule has 20 heavy (non-hydrogen) atoms. The first-order valence-electron chi connectivity index (χ1n) is 6.55. The van der Waals surface area contributed by atoms with Crippen LogP contribution in [0.2, 0.25) is 0 Å². The van der Waals surface area contributed by atoms with Crippen LogP contribution in [-0.4, -0.2) is 61.5 Å². The molecule has 120 valence electrons. The van der Waals surface area contributed by atoms with E-state index in [0.717, 1.165) is 16.5 Å². The zero-order valence-corrected chi connectivity index (χ0v) is 14.3. The lowest BCUT2D eigenvalue weighted by molar-refractivity contribution is 0.124. The van der Waals surface area contributed by atoms with Gasteiger partial charge in [0.2, 0.25) is 10.0 Å². The van der Waals surface area contributed by atoms with Gasteiger partial charge in [-0.05, 0) is 12.2 Å². The Kier molecular flexibility index (Phi) is 11.5. The maximum Gasteiger partial charge on any atom is 0.423 e. The van der Waals surface area contributed by atoms with Crippen LogP contribution >= 0.6 is 24.4 Å². The molecule has 9 heteroatoms. The van der Waals surface area contributed by atoms with Gasteiger partial charge >= 0.3 is 6.09 Å². The van der Waals surface area contributed by atoms with E-state index in [1.165, 1.54) is 11.8 Å². The van der Waals surface area contributed by atoms with Gasteiger partial charge < -0.3 is 10.5 Å². The Balaban J connectivity index is 4.49. The highest BCUT2D eigenvalue weighted by Crippen LogP contribution is 2.09. The molecule has 1 amide bonds. The second-order valence-corrected chi connectivity index (χ2v) is 7.67. The summed E-state index contributed by atoms with van der Waals surface area (Å²) < 4.78 is 29.9. The van der Waals surface area contributed by atoms with Gasteiger partial charge in [-0.1, -0.05) is 13.3 Å². The number of thiol groups is 1. The summed E-state index contributed by atoms with van der Waals surface area (Å²) in [4.78, 5) is 11.8. The van der Waals surface area contributed by atoms with Gasteiger partial charge in [0.15, 0.2) is 0 Å². The summed E-state index contributed by atoms with van der Waals surface area (Å²) in [5.41, 5.74) is 5.37. The normalized spacial score (nSPS) is 11.3. The van der Waals surface area contributed by atoms with Crippen LogP contribution in [0, 0.1) is 0 Å². The van der Waals surface area contributed by atoms with Crippen molar-refractivity contribution in [2.75, 3.05) is 42.7 Å². The summed E-state index contributed by atoms with van der Waals surface area (Å²) in [6, 6.07) is 0. The lowest BCUT2D eigenvalue weighted by Gasteiger charge is -2.21. The second-order valence-electron chi connectivity index (χ2n) is 3.98. The van der Waals surface area contributed by atoms with E-state index in [1.807, 2.05) is 6.92 Å². The number of nitrogens with two attached hydrogens (primary N) is 1. The Morgan fingerprint density at radius 2 is 2.10 bits per heavy atom. The van der Waals surface area contributed by atoms with Crippen molar-refractivity contribution in [2.45, 2.75) is 19.8 Å². The number of ether oxygens (including phenoxy) is 1. The number of carbonyl (C=O) groups excluding carboxylic acids is 1. The number of rotatable bonds is 11. The first-order valence-corrected chi connectivity index (χ1v) is 9.95. The zero-order chi connectivity index (χ0) is 15.4. The first kappa shape index (κ1) is 19.9. The minimum absolute atomic E-state index is 0.0511. The fraction of sp³-hybridized carbons (Fsp3) is 0.909. The predicted octanol–water partition coefficient (Wildman–Crippen LogP) is 1.18. The molecule has 0 aromatic rings. The van der Waals surface area contributed by atoms with Gasteiger partial charge in [0.1, 0.15) is 0 Å². The molecule has 0 bridgehead atoms. The highest BCUT2D eigenvalue weighted by atomic mass is 32.2. The monoisotopic (exact) mass is 344 g/mol. The largest absolute Gasteiger partial charge is 0.449 e. The molecule has 0 rings (SSSR count). The molecule has 0 saturated heterocycles. The molecule has 0 radical (unpaired) electrons. The summed E-state index contributed by atoms with van der Waals surface area (Å²) in [7, 11) is -3.67. The van der Waals surface area contributed by atoms with Crippen molar-refractivity contribution in [3.05, 3.63) is 0 Å². The Bertz CT molecular complexity index is 363. The molecule has 0 unspecified atom stereocenters. The Morgan fingerprint density at radius 3 is 2.65 bits per heavy atom. The van der Waals surface area contributed by atoms with Crippen LogP contribution in [0.15, 0.2) is 0 Å². The van der Waals surface area contributed by atoms with E-state index in [4.69, 9.17) is 10.5 Å². The van der Waals surface area contributed by atoms with Crippen molar-refractivity contribution in [2.24, 2.45) is 5.73 Å². The third-order valence-electron chi connectivity index (χ3n) is 2.32. The Labute approximate surface area is 131 Å². The smallest absolute Gasteiger partial charge is 0.423 e. The van der Waals surface area contributed by atoms with Gasteiger partial charge in [0.05, 0.1) is 18.9 Å². The fourth-order valence-corrected chi connectivity index (χ4v) is 4.20. The molecule has 0 fully saturated rings. The maximum absolute atomic E-state index is 12.1. The highest BCUT2D eigenvalue weighted by Gasteiger charge is 2.27. The SMILES string of the molecule is CCCCOC(=O)N(CCN)S(=O)(=O)CCSCCS. The Hall–Kier alpha value is -0.120. The van der Waals surface area contributed by atoms with Crippen LogP contribution in [0.1, 0.15) is 19.8 Å². The van der Waals surface area contributed by atoms with Gasteiger partial charge in [-0.3, -0.25) is 0 Å². The number of nitrogens with zero attached hydrogens (tertiary/aromatic N) is 1. The fourth-order valence-electron chi connectivity index (χ4n) is 1.28. The molecule has 0 saturated carbocycles. The van der Waals surface area contributed by atoms with E-state index < -0.39 is 16.1 Å². The lowest BCUT2D eigenvalue weighted by atomic mass is 10.4. The summed E-state index contributed by atoms with van der Waals surface area (Å²) in [6.07, 6.45) is 0.750. The molecule has 0 heterocycles. The Morgan fingerprint density at radius 1 is 1.40 bits per heavy atom.